The van der Waals surface area contributed by atoms with E-state index in [-0.39, 0.29) is 6.10 Å². The smallest absolute Gasteiger partial charge is 0.178 e. The first-order valence-electron chi connectivity index (χ1n) is 5.91. The van der Waals surface area contributed by atoms with Crippen LogP contribution in [0.2, 0.25) is 5.02 Å². The van der Waals surface area contributed by atoms with Crippen LogP contribution in [0.3, 0.4) is 0 Å². The third-order valence-electron chi connectivity index (χ3n) is 2.75. The predicted octanol–water partition coefficient (Wildman–Crippen LogP) is 2.04. The van der Waals surface area contributed by atoms with Gasteiger partial charge in [-0.3, -0.25) is 4.99 Å². The maximum atomic E-state index is 6.22. The first kappa shape index (κ1) is 13.2. The predicted molar refractivity (Wildman–Crippen MR) is 72.8 cm³/mol. The number of hydrogen-bond acceptors (Lipinski definition) is 4. The van der Waals surface area contributed by atoms with Gasteiger partial charge in [-0.2, -0.15) is 0 Å². The zero-order valence-electron chi connectivity index (χ0n) is 10.6. The van der Waals surface area contributed by atoms with Crippen LogP contribution in [-0.4, -0.2) is 38.7 Å². The van der Waals surface area contributed by atoms with E-state index in [1.807, 2.05) is 25.1 Å². The largest absolute Gasteiger partial charge is 0.479 e. The van der Waals surface area contributed by atoms with E-state index in [1.165, 1.54) is 0 Å². The van der Waals surface area contributed by atoms with E-state index in [0.29, 0.717) is 17.4 Å². The van der Waals surface area contributed by atoms with Gasteiger partial charge in [-0.25, -0.2) is 0 Å². The van der Waals surface area contributed by atoms with E-state index < -0.39 is 0 Å². The number of aryl methyl sites for hydroxylation is 1. The van der Waals surface area contributed by atoms with Gasteiger partial charge >= 0.3 is 0 Å². The van der Waals surface area contributed by atoms with E-state index in [9.17, 15) is 0 Å². The van der Waals surface area contributed by atoms with Crippen LogP contribution in [0.15, 0.2) is 23.2 Å². The van der Waals surface area contributed by atoms with Gasteiger partial charge in [0.2, 0.25) is 0 Å². The van der Waals surface area contributed by atoms with Crippen molar-refractivity contribution in [3.05, 3.63) is 28.8 Å². The van der Waals surface area contributed by atoms with Crippen molar-refractivity contribution in [1.29, 1.82) is 0 Å². The Morgan fingerprint density at radius 3 is 3.00 bits per heavy atom. The van der Waals surface area contributed by atoms with E-state index in [2.05, 4.69) is 10.3 Å². The van der Waals surface area contributed by atoms with Crippen LogP contribution >= 0.6 is 11.6 Å². The summed E-state index contributed by atoms with van der Waals surface area (Å²) in [5, 5.41) is 3.83. The minimum absolute atomic E-state index is 0.239. The van der Waals surface area contributed by atoms with Gasteiger partial charge in [0, 0.05) is 13.7 Å². The Labute approximate surface area is 112 Å². The first-order valence-corrected chi connectivity index (χ1v) is 6.29. The van der Waals surface area contributed by atoms with Crippen LogP contribution in [0.25, 0.3) is 0 Å². The van der Waals surface area contributed by atoms with Crippen molar-refractivity contribution in [2.45, 2.75) is 13.0 Å². The van der Waals surface area contributed by atoms with Gasteiger partial charge in [0.1, 0.15) is 11.6 Å². The number of nitrogens with one attached hydrogen (secondary N) is 1. The molecule has 2 rings (SSSR count). The van der Waals surface area contributed by atoms with Crippen molar-refractivity contribution in [3.8, 4) is 5.75 Å². The van der Waals surface area contributed by atoms with Crippen molar-refractivity contribution in [2.24, 2.45) is 4.99 Å². The molecule has 1 aromatic rings. The number of halogens is 1. The molecular weight excluding hydrogens is 252 g/mol. The Balaban J connectivity index is 2.15. The number of ether oxygens (including phenoxy) is 2. The average Bonchev–Trinajstić information content (AvgIpc) is 2.88. The second-order valence-electron chi connectivity index (χ2n) is 4.14. The second kappa shape index (κ2) is 6.07. The highest BCUT2D eigenvalue weighted by atomic mass is 35.5. The highest BCUT2D eigenvalue weighted by molar-refractivity contribution is 6.32. The molecule has 0 aromatic heterocycles. The number of hydrogen-bond donors (Lipinski definition) is 1. The zero-order valence-corrected chi connectivity index (χ0v) is 11.3. The summed E-state index contributed by atoms with van der Waals surface area (Å²) in [5.74, 6) is 1.49. The molecule has 0 amide bonds. The summed E-state index contributed by atoms with van der Waals surface area (Å²) in [4.78, 5) is 4.36. The number of aliphatic imine (C=N–C) groups is 1. The molecule has 0 radical (unpaired) electrons. The Kier molecular flexibility index (Phi) is 4.44. The van der Waals surface area contributed by atoms with Gasteiger partial charge in [0.25, 0.3) is 0 Å². The molecule has 1 aromatic carbocycles. The lowest BCUT2D eigenvalue weighted by molar-refractivity contribution is 0.116. The standard InChI is InChI=1S/C13H17ClN2O2/c1-9-4-3-5-10(12(9)14)18-11(8-17-2)13-15-6-7-16-13/h3-5,11H,6-8H2,1-2H3,(H,15,16). The third-order valence-corrected chi connectivity index (χ3v) is 3.23. The SMILES string of the molecule is COCC(Oc1cccc(C)c1Cl)C1=NCCN1. The molecule has 0 bridgehead atoms. The summed E-state index contributed by atoms with van der Waals surface area (Å²) < 4.78 is 11.1. The molecule has 98 valence electrons. The number of benzene rings is 1. The fourth-order valence-electron chi connectivity index (χ4n) is 1.82. The van der Waals surface area contributed by atoms with Crippen molar-refractivity contribution in [1.82, 2.24) is 5.32 Å². The minimum atomic E-state index is -0.239. The zero-order chi connectivity index (χ0) is 13.0. The molecular formula is C13H17ClN2O2. The number of rotatable bonds is 5. The maximum Gasteiger partial charge on any atom is 0.178 e. The molecule has 0 saturated carbocycles. The number of amidine groups is 1. The van der Waals surface area contributed by atoms with Crippen LogP contribution in [0.1, 0.15) is 5.56 Å². The summed E-state index contributed by atoms with van der Waals surface area (Å²) >= 11 is 6.22. The van der Waals surface area contributed by atoms with Crippen LogP contribution in [0.4, 0.5) is 0 Å². The van der Waals surface area contributed by atoms with Gasteiger partial charge in [0.05, 0.1) is 18.2 Å². The number of nitrogens with zero attached hydrogens (tertiary/aromatic N) is 1. The van der Waals surface area contributed by atoms with Crippen molar-refractivity contribution in [3.63, 3.8) is 0 Å². The van der Waals surface area contributed by atoms with E-state index in [1.54, 1.807) is 7.11 Å². The molecule has 5 heteroatoms. The van der Waals surface area contributed by atoms with Gasteiger partial charge in [-0.1, -0.05) is 23.7 Å². The van der Waals surface area contributed by atoms with Crippen molar-refractivity contribution >= 4 is 17.4 Å². The lowest BCUT2D eigenvalue weighted by Crippen LogP contribution is -2.39. The van der Waals surface area contributed by atoms with E-state index >= 15 is 0 Å². The molecule has 1 aliphatic heterocycles. The Hall–Kier alpha value is -1.26. The quantitative estimate of drug-likeness (QED) is 0.889. The van der Waals surface area contributed by atoms with E-state index in [4.69, 9.17) is 21.1 Å². The first-order chi connectivity index (χ1) is 8.72. The molecule has 0 aliphatic carbocycles. The molecule has 0 saturated heterocycles. The monoisotopic (exact) mass is 268 g/mol. The maximum absolute atomic E-state index is 6.22. The second-order valence-corrected chi connectivity index (χ2v) is 4.52. The molecule has 4 nitrogen and oxygen atoms in total. The van der Waals surface area contributed by atoms with E-state index in [0.717, 1.165) is 24.5 Å². The molecule has 0 spiro atoms. The third kappa shape index (κ3) is 2.94. The molecule has 18 heavy (non-hydrogen) atoms. The summed E-state index contributed by atoms with van der Waals surface area (Å²) in [7, 11) is 1.64. The fraction of sp³-hybridized carbons (Fsp3) is 0.462. The highest BCUT2D eigenvalue weighted by Gasteiger charge is 2.21. The average molecular weight is 269 g/mol. The fourth-order valence-corrected chi connectivity index (χ4v) is 1.99. The van der Waals surface area contributed by atoms with Crippen molar-refractivity contribution in [2.75, 3.05) is 26.8 Å². The van der Waals surface area contributed by atoms with Crippen molar-refractivity contribution < 1.29 is 9.47 Å². The van der Waals surface area contributed by atoms with Gasteiger partial charge < -0.3 is 14.8 Å². The topological polar surface area (TPSA) is 42.9 Å². The number of methoxy groups -OCH3 is 1. The molecule has 1 N–H and O–H groups in total. The van der Waals surface area contributed by atoms with Gasteiger partial charge in [-0.15, -0.1) is 0 Å². The molecule has 0 fully saturated rings. The Morgan fingerprint density at radius 1 is 1.50 bits per heavy atom. The molecule has 1 heterocycles. The van der Waals surface area contributed by atoms with Crippen LogP contribution in [0.5, 0.6) is 5.75 Å². The lowest BCUT2D eigenvalue weighted by atomic mass is 10.2. The Morgan fingerprint density at radius 2 is 2.33 bits per heavy atom. The Bertz CT molecular complexity index is 449. The van der Waals surface area contributed by atoms with Crippen LogP contribution in [-0.2, 0) is 4.74 Å². The minimum Gasteiger partial charge on any atom is -0.479 e. The highest BCUT2D eigenvalue weighted by Crippen LogP contribution is 2.28. The van der Waals surface area contributed by atoms with Gasteiger partial charge in [0.15, 0.2) is 6.10 Å². The summed E-state index contributed by atoms with van der Waals surface area (Å²) in [6.07, 6.45) is -0.239. The van der Waals surface area contributed by atoms with Crippen LogP contribution in [0, 0.1) is 6.92 Å². The lowest BCUT2D eigenvalue weighted by Gasteiger charge is -2.20. The molecule has 1 atom stereocenters. The molecule has 1 aliphatic rings. The van der Waals surface area contributed by atoms with Crippen LogP contribution < -0.4 is 10.1 Å². The molecule has 1 unspecified atom stereocenters. The summed E-state index contributed by atoms with van der Waals surface area (Å²) in [6.45, 7) is 4.02. The van der Waals surface area contributed by atoms with Gasteiger partial charge in [-0.05, 0) is 18.6 Å². The summed E-state index contributed by atoms with van der Waals surface area (Å²) in [5.41, 5.74) is 0.992. The normalized spacial score (nSPS) is 16.1. The summed E-state index contributed by atoms with van der Waals surface area (Å²) in [6, 6.07) is 5.73.